The Hall–Kier alpha value is -1.95. The molecule has 0 aromatic carbocycles. The molecule has 1 N–H and O–H groups in total. The van der Waals surface area contributed by atoms with E-state index in [9.17, 15) is 10.1 Å². The highest BCUT2D eigenvalue weighted by molar-refractivity contribution is 7.10. The lowest BCUT2D eigenvalue weighted by Crippen LogP contribution is -2.14. The number of nitro groups is 1. The molecule has 5 nitrogen and oxygen atoms in total. The maximum Gasteiger partial charge on any atom is 0.311 e. The number of anilines is 1. The molecule has 0 saturated heterocycles. The van der Waals surface area contributed by atoms with Crippen LogP contribution in [0.15, 0.2) is 35.8 Å². The highest BCUT2D eigenvalue weighted by atomic mass is 32.1. The molecule has 2 heterocycles. The van der Waals surface area contributed by atoms with Gasteiger partial charge in [0.25, 0.3) is 0 Å². The van der Waals surface area contributed by atoms with Crippen LogP contribution in [-0.4, -0.2) is 9.91 Å². The summed E-state index contributed by atoms with van der Waals surface area (Å²) in [6, 6.07) is 7.12. The van der Waals surface area contributed by atoms with Crippen LogP contribution >= 0.6 is 11.3 Å². The van der Waals surface area contributed by atoms with Crippen molar-refractivity contribution in [1.29, 1.82) is 0 Å². The Balaban J connectivity index is 2.26. The predicted molar refractivity (Wildman–Crippen MR) is 81.0 cm³/mol. The Labute approximate surface area is 121 Å². The minimum atomic E-state index is -0.407. The van der Waals surface area contributed by atoms with Gasteiger partial charge in [0.15, 0.2) is 0 Å². The van der Waals surface area contributed by atoms with Crippen molar-refractivity contribution < 1.29 is 4.92 Å². The zero-order valence-electron chi connectivity index (χ0n) is 11.4. The SMILES string of the molecule is CC(C)CC(Nc1ncccc1[N+](=O)[O-])c1cccs1. The number of nitrogens with one attached hydrogen (secondary N) is 1. The number of thiophene rings is 1. The first-order valence-corrected chi connectivity index (χ1v) is 7.35. The lowest BCUT2D eigenvalue weighted by molar-refractivity contribution is -0.384. The van der Waals surface area contributed by atoms with Crippen molar-refractivity contribution in [2.24, 2.45) is 5.92 Å². The van der Waals surface area contributed by atoms with Crippen LogP contribution in [0.2, 0.25) is 0 Å². The van der Waals surface area contributed by atoms with Crippen LogP contribution in [0.5, 0.6) is 0 Å². The van der Waals surface area contributed by atoms with Gasteiger partial charge in [-0.25, -0.2) is 4.98 Å². The van der Waals surface area contributed by atoms with Gasteiger partial charge < -0.3 is 5.32 Å². The summed E-state index contributed by atoms with van der Waals surface area (Å²) in [5.74, 6) is 0.814. The third kappa shape index (κ3) is 3.54. The van der Waals surface area contributed by atoms with Crippen molar-refractivity contribution in [3.63, 3.8) is 0 Å². The fraction of sp³-hybridized carbons (Fsp3) is 0.357. The predicted octanol–water partition coefficient (Wildman–Crippen LogP) is 4.25. The van der Waals surface area contributed by atoms with Gasteiger partial charge in [-0.2, -0.15) is 0 Å². The van der Waals surface area contributed by atoms with E-state index < -0.39 is 4.92 Å². The molecule has 0 radical (unpaired) electrons. The topological polar surface area (TPSA) is 68.1 Å². The highest BCUT2D eigenvalue weighted by Gasteiger charge is 2.20. The Kier molecular flexibility index (Phi) is 4.68. The summed E-state index contributed by atoms with van der Waals surface area (Å²) in [7, 11) is 0. The summed E-state index contributed by atoms with van der Waals surface area (Å²) >= 11 is 1.65. The molecule has 0 aliphatic carbocycles. The summed E-state index contributed by atoms with van der Waals surface area (Å²) in [5, 5.41) is 16.3. The van der Waals surface area contributed by atoms with E-state index in [0.29, 0.717) is 11.7 Å². The number of rotatable bonds is 6. The Morgan fingerprint density at radius 3 is 2.80 bits per heavy atom. The lowest BCUT2D eigenvalue weighted by Gasteiger charge is -2.19. The Morgan fingerprint density at radius 1 is 1.40 bits per heavy atom. The van der Waals surface area contributed by atoms with E-state index in [-0.39, 0.29) is 11.7 Å². The standard InChI is InChI=1S/C14H17N3O2S/c1-10(2)9-11(13-6-4-8-20-13)16-14-12(17(18)19)5-3-7-15-14/h3-8,10-11H,9H2,1-2H3,(H,15,16). The number of nitrogens with zero attached hydrogens (tertiary/aromatic N) is 2. The second-order valence-corrected chi connectivity index (χ2v) is 5.95. The molecule has 2 rings (SSSR count). The molecule has 0 fully saturated rings. The first-order chi connectivity index (χ1) is 9.58. The van der Waals surface area contributed by atoms with Crippen molar-refractivity contribution in [3.05, 3.63) is 50.8 Å². The Bertz CT molecular complexity index is 570. The van der Waals surface area contributed by atoms with Crippen LogP contribution in [0.1, 0.15) is 31.2 Å². The highest BCUT2D eigenvalue weighted by Crippen LogP contribution is 2.31. The van der Waals surface area contributed by atoms with Crippen LogP contribution in [0.4, 0.5) is 11.5 Å². The van der Waals surface area contributed by atoms with Crippen LogP contribution in [0.3, 0.4) is 0 Å². The van der Waals surface area contributed by atoms with Crippen molar-refractivity contribution in [2.75, 3.05) is 5.32 Å². The average molecular weight is 291 g/mol. The Morgan fingerprint density at radius 2 is 2.20 bits per heavy atom. The third-order valence-corrected chi connectivity index (χ3v) is 3.87. The van der Waals surface area contributed by atoms with Gasteiger partial charge in [-0.1, -0.05) is 19.9 Å². The molecule has 1 atom stereocenters. The van der Waals surface area contributed by atoms with E-state index in [1.54, 1.807) is 23.6 Å². The second kappa shape index (κ2) is 6.47. The van der Waals surface area contributed by atoms with Gasteiger partial charge in [0.1, 0.15) is 0 Å². The van der Waals surface area contributed by atoms with Gasteiger partial charge in [-0.3, -0.25) is 10.1 Å². The summed E-state index contributed by atoms with van der Waals surface area (Å²) in [4.78, 5) is 15.9. The lowest BCUT2D eigenvalue weighted by atomic mass is 10.0. The van der Waals surface area contributed by atoms with E-state index in [1.807, 2.05) is 17.5 Å². The van der Waals surface area contributed by atoms with Crippen molar-refractivity contribution in [2.45, 2.75) is 26.3 Å². The van der Waals surface area contributed by atoms with Crippen molar-refractivity contribution in [1.82, 2.24) is 4.98 Å². The molecule has 0 amide bonds. The van der Waals surface area contributed by atoms with E-state index >= 15 is 0 Å². The summed E-state index contributed by atoms with van der Waals surface area (Å²) in [5.41, 5.74) is 0.0119. The molecule has 2 aromatic heterocycles. The first kappa shape index (κ1) is 14.5. The zero-order chi connectivity index (χ0) is 14.5. The molecule has 0 saturated carbocycles. The molecule has 0 bridgehead atoms. The number of hydrogen-bond acceptors (Lipinski definition) is 5. The quantitative estimate of drug-likeness (QED) is 0.638. The molecule has 0 spiro atoms. The molecule has 0 aliphatic heterocycles. The van der Waals surface area contributed by atoms with Gasteiger partial charge >= 0.3 is 5.69 Å². The van der Waals surface area contributed by atoms with Crippen LogP contribution in [-0.2, 0) is 0 Å². The second-order valence-electron chi connectivity index (χ2n) is 4.97. The number of hydrogen-bond donors (Lipinski definition) is 1. The first-order valence-electron chi connectivity index (χ1n) is 6.47. The minimum Gasteiger partial charge on any atom is -0.357 e. The van der Waals surface area contributed by atoms with Crippen LogP contribution in [0.25, 0.3) is 0 Å². The minimum absolute atomic E-state index is 0.0119. The maximum absolute atomic E-state index is 11.0. The van der Waals surface area contributed by atoms with E-state index in [0.717, 1.165) is 6.42 Å². The zero-order valence-corrected chi connectivity index (χ0v) is 12.3. The summed E-state index contributed by atoms with van der Waals surface area (Å²) < 4.78 is 0. The molecular formula is C14H17N3O2S. The number of pyridine rings is 1. The van der Waals surface area contributed by atoms with E-state index in [2.05, 4.69) is 24.1 Å². The summed E-state index contributed by atoms with van der Waals surface area (Å²) in [6.45, 7) is 4.27. The molecule has 0 aliphatic rings. The monoisotopic (exact) mass is 291 g/mol. The largest absolute Gasteiger partial charge is 0.357 e. The molecule has 106 valence electrons. The smallest absolute Gasteiger partial charge is 0.311 e. The normalized spacial score (nSPS) is 12.3. The number of aromatic nitrogens is 1. The summed E-state index contributed by atoms with van der Waals surface area (Å²) in [6.07, 6.45) is 2.46. The fourth-order valence-corrected chi connectivity index (χ4v) is 2.82. The van der Waals surface area contributed by atoms with Crippen LogP contribution < -0.4 is 5.32 Å². The van der Waals surface area contributed by atoms with Crippen molar-refractivity contribution in [3.8, 4) is 0 Å². The van der Waals surface area contributed by atoms with Gasteiger partial charge in [0.05, 0.1) is 11.0 Å². The molecular weight excluding hydrogens is 274 g/mol. The molecule has 1 unspecified atom stereocenters. The van der Waals surface area contributed by atoms with E-state index in [4.69, 9.17) is 0 Å². The maximum atomic E-state index is 11.0. The van der Waals surface area contributed by atoms with Gasteiger partial charge in [-0.15, -0.1) is 11.3 Å². The fourth-order valence-electron chi connectivity index (χ4n) is 2.03. The molecule has 20 heavy (non-hydrogen) atoms. The molecule has 2 aromatic rings. The van der Waals surface area contributed by atoms with Crippen LogP contribution in [0, 0.1) is 16.0 Å². The van der Waals surface area contributed by atoms with Gasteiger partial charge in [0.2, 0.25) is 5.82 Å². The average Bonchev–Trinajstić information content (AvgIpc) is 2.91. The van der Waals surface area contributed by atoms with Crippen molar-refractivity contribution >= 4 is 22.8 Å². The third-order valence-electron chi connectivity index (χ3n) is 2.89. The van der Waals surface area contributed by atoms with E-state index in [1.165, 1.54) is 10.9 Å². The molecule has 6 heteroatoms. The van der Waals surface area contributed by atoms with Gasteiger partial charge in [-0.05, 0) is 29.9 Å². The van der Waals surface area contributed by atoms with Gasteiger partial charge in [0, 0.05) is 17.1 Å².